The van der Waals surface area contributed by atoms with E-state index < -0.39 is 0 Å². The van der Waals surface area contributed by atoms with E-state index in [2.05, 4.69) is 4.99 Å². The van der Waals surface area contributed by atoms with Crippen molar-refractivity contribution in [3.63, 3.8) is 0 Å². The Morgan fingerprint density at radius 3 is 2.62 bits per heavy atom. The molecule has 1 heterocycles. The normalized spacial score (nSPS) is 16.4. The van der Waals surface area contributed by atoms with Gasteiger partial charge in [0.25, 0.3) is 0 Å². The molecule has 0 spiro atoms. The van der Waals surface area contributed by atoms with E-state index in [1.54, 1.807) is 6.07 Å². The van der Waals surface area contributed by atoms with Crippen LogP contribution in [0.1, 0.15) is 18.9 Å². The molecule has 1 nitrogen and oxygen atoms in total. The van der Waals surface area contributed by atoms with Crippen LogP contribution in [0.3, 0.4) is 0 Å². The van der Waals surface area contributed by atoms with Crippen molar-refractivity contribution < 1.29 is 0 Å². The van der Waals surface area contributed by atoms with Crippen LogP contribution in [0.25, 0.3) is 0 Å². The minimum absolute atomic E-state index is 0.349. The summed E-state index contributed by atoms with van der Waals surface area (Å²) < 4.78 is 0. The first-order valence-electron chi connectivity index (χ1n) is 4.96. The van der Waals surface area contributed by atoms with E-state index in [0.29, 0.717) is 10.2 Å². The highest BCUT2D eigenvalue weighted by Gasteiger charge is 2.12. The largest absolute Gasteiger partial charge is 0.235 e. The molecule has 1 aliphatic heterocycles. The minimum atomic E-state index is 0.349. The molecule has 0 aliphatic carbocycles. The zero-order chi connectivity index (χ0) is 11.7. The van der Waals surface area contributed by atoms with Crippen LogP contribution in [0.4, 0.5) is 5.69 Å². The van der Waals surface area contributed by atoms with Gasteiger partial charge >= 0.3 is 0 Å². The average molecular weight is 275 g/mol. The molecule has 0 saturated carbocycles. The fourth-order valence-corrected chi connectivity index (χ4v) is 2.21. The van der Waals surface area contributed by atoms with E-state index in [1.165, 1.54) is 0 Å². The maximum absolute atomic E-state index is 6.08. The van der Waals surface area contributed by atoms with E-state index in [4.69, 9.17) is 34.8 Å². The number of nitrogens with zero attached hydrogens (tertiary/aromatic N) is 1. The smallest absolute Gasteiger partial charge is 0.148 e. The topological polar surface area (TPSA) is 12.4 Å². The van der Waals surface area contributed by atoms with Gasteiger partial charge in [-0.2, -0.15) is 0 Å². The first kappa shape index (κ1) is 12.0. The molecule has 2 rings (SSSR count). The molecule has 1 aromatic carbocycles. The lowest BCUT2D eigenvalue weighted by atomic mass is 10.0. The van der Waals surface area contributed by atoms with Crippen molar-refractivity contribution >= 4 is 45.7 Å². The highest BCUT2D eigenvalue weighted by atomic mass is 35.5. The second-order valence-electron chi connectivity index (χ2n) is 3.77. The first-order chi connectivity index (χ1) is 7.58. The van der Waals surface area contributed by atoms with Gasteiger partial charge in [-0.1, -0.05) is 40.4 Å². The molecular formula is C12H10Cl3N. The lowest BCUT2D eigenvalue weighted by Gasteiger charge is -2.12. The molecule has 1 aromatic rings. The molecule has 0 unspecified atom stereocenters. The Bertz CT molecular complexity index is 489. The Labute approximate surface area is 110 Å². The van der Waals surface area contributed by atoms with Crippen molar-refractivity contribution in [1.29, 1.82) is 0 Å². The zero-order valence-corrected chi connectivity index (χ0v) is 11.0. The van der Waals surface area contributed by atoms with Gasteiger partial charge in [0.05, 0.1) is 10.7 Å². The Morgan fingerprint density at radius 1 is 1.12 bits per heavy atom. The van der Waals surface area contributed by atoms with Crippen LogP contribution >= 0.6 is 34.8 Å². The van der Waals surface area contributed by atoms with Crippen molar-refractivity contribution in [3.8, 4) is 0 Å². The summed E-state index contributed by atoms with van der Waals surface area (Å²) in [6, 6.07) is 5.60. The van der Waals surface area contributed by atoms with Crippen LogP contribution in [-0.4, -0.2) is 5.17 Å². The highest BCUT2D eigenvalue weighted by Crippen LogP contribution is 2.31. The van der Waals surface area contributed by atoms with Gasteiger partial charge < -0.3 is 0 Å². The summed E-state index contributed by atoms with van der Waals surface area (Å²) in [5.74, 6) is 0. The van der Waals surface area contributed by atoms with Crippen LogP contribution < -0.4 is 0 Å². The number of halogens is 3. The quantitative estimate of drug-likeness (QED) is 0.626. The molecule has 0 radical (unpaired) electrons. The summed E-state index contributed by atoms with van der Waals surface area (Å²) in [6.07, 6.45) is 1.75. The van der Waals surface area contributed by atoms with Crippen molar-refractivity contribution in [3.05, 3.63) is 39.4 Å². The summed E-state index contributed by atoms with van der Waals surface area (Å²) in [6.45, 7) is 1.97. The van der Waals surface area contributed by atoms with Gasteiger partial charge in [0, 0.05) is 5.02 Å². The third-order valence-corrected chi connectivity index (χ3v) is 3.69. The van der Waals surface area contributed by atoms with Gasteiger partial charge in [-0.3, -0.25) is 0 Å². The van der Waals surface area contributed by atoms with Crippen molar-refractivity contribution in [1.82, 2.24) is 0 Å². The molecule has 84 valence electrons. The fraction of sp³-hybridized carbons (Fsp3) is 0.250. The predicted molar refractivity (Wildman–Crippen MR) is 71.3 cm³/mol. The Hall–Kier alpha value is -0.500. The number of benzene rings is 1. The SMILES string of the molecule is CC1=C(Cl)C(Cl)=Nc2ccc(Cl)cc2CC1. The molecule has 0 aromatic heterocycles. The number of hydrogen-bond acceptors (Lipinski definition) is 1. The highest BCUT2D eigenvalue weighted by molar-refractivity contribution is 6.76. The monoisotopic (exact) mass is 273 g/mol. The maximum atomic E-state index is 6.08. The van der Waals surface area contributed by atoms with E-state index >= 15 is 0 Å². The van der Waals surface area contributed by atoms with Gasteiger partial charge in [-0.05, 0) is 43.5 Å². The van der Waals surface area contributed by atoms with E-state index in [1.807, 2.05) is 19.1 Å². The summed E-state index contributed by atoms with van der Waals surface area (Å²) >= 11 is 18.1. The minimum Gasteiger partial charge on any atom is -0.235 e. The predicted octanol–water partition coefficient (Wildman–Crippen LogP) is 5.07. The summed E-state index contributed by atoms with van der Waals surface area (Å²) in [5.41, 5.74) is 3.01. The van der Waals surface area contributed by atoms with Crippen LogP contribution in [-0.2, 0) is 6.42 Å². The molecule has 0 saturated heterocycles. The molecule has 16 heavy (non-hydrogen) atoms. The standard InChI is InChI=1S/C12H10Cl3N/c1-7-2-3-8-6-9(13)4-5-10(8)16-12(15)11(7)14/h4-6H,2-3H2,1H3. The lowest BCUT2D eigenvalue weighted by Crippen LogP contribution is -1.98. The van der Waals surface area contributed by atoms with Crippen molar-refractivity contribution in [2.75, 3.05) is 0 Å². The molecule has 0 atom stereocenters. The molecule has 0 fully saturated rings. The van der Waals surface area contributed by atoms with Gasteiger partial charge in [-0.25, -0.2) is 4.99 Å². The fourth-order valence-electron chi connectivity index (χ4n) is 1.63. The Balaban J connectivity index is 2.54. The summed E-state index contributed by atoms with van der Waals surface area (Å²) in [7, 11) is 0. The second-order valence-corrected chi connectivity index (χ2v) is 4.94. The van der Waals surface area contributed by atoms with Crippen molar-refractivity contribution in [2.45, 2.75) is 19.8 Å². The van der Waals surface area contributed by atoms with Crippen LogP contribution in [0, 0.1) is 0 Å². The van der Waals surface area contributed by atoms with E-state index in [-0.39, 0.29) is 0 Å². The summed E-state index contributed by atoms with van der Waals surface area (Å²) in [5, 5.41) is 1.63. The van der Waals surface area contributed by atoms with Crippen LogP contribution in [0.2, 0.25) is 5.02 Å². The molecule has 1 aliphatic rings. The lowest BCUT2D eigenvalue weighted by molar-refractivity contribution is 0.936. The first-order valence-corrected chi connectivity index (χ1v) is 6.09. The van der Waals surface area contributed by atoms with Gasteiger partial charge in [0.2, 0.25) is 0 Å². The number of aryl methyl sites for hydroxylation is 1. The third kappa shape index (κ3) is 2.42. The number of rotatable bonds is 0. The van der Waals surface area contributed by atoms with Gasteiger partial charge in [0.1, 0.15) is 5.17 Å². The van der Waals surface area contributed by atoms with Crippen molar-refractivity contribution in [2.24, 2.45) is 4.99 Å². The number of aliphatic imine (C=N–C) groups is 1. The summed E-state index contributed by atoms with van der Waals surface area (Å²) in [4.78, 5) is 4.31. The van der Waals surface area contributed by atoms with Crippen LogP contribution in [0.5, 0.6) is 0 Å². The molecule has 0 amide bonds. The van der Waals surface area contributed by atoms with Gasteiger partial charge in [-0.15, -0.1) is 0 Å². The number of fused-ring (bicyclic) bond motifs is 1. The molecule has 0 bridgehead atoms. The number of allylic oxidation sites excluding steroid dienone is 2. The Morgan fingerprint density at radius 2 is 1.88 bits per heavy atom. The average Bonchev–Trinajstić information content (AvgIpc) is 2.26. The number of hydrogen-bond donors (Lipinski definition) is 0. The second kappa shape index (κ2) is 4.79. The van der Waals surface area contributed by atoms with E-state index in [9.17, 15) is 0 Å². The Kier molecular flexibility index (Phi) is 3.58. The maximum Gasteiger partial charge on any atom is 0.148 e. The molecular weight excluding hydrogens is 264 g/mol. The molecule has 4 heteroatoms. The zero-order valence-electron chi connectivity index (χ0n) is 8.73. The van der Waals surface area contributed by atoms with Gasteiger partial charge in [0.15, 0.2) is 0 Å². The van der Waals surface area contributed by atoms with Crippen LogP contribution in [0.15, 0.2) is 33.8 Å². The van der Waals surface area contributed by atoms with E-state index in [0.717, 1.165) is 34.7 Å². The third-order valence-electron chi connectivity index (χ3n) is 2.59. The molecule has 0 N–H and O–H groups in total.